The molecule has 0 fully saturated rings. The fourth-order valence-electron chi connectivity index (χ4n) is 1.12. The first-order valence-corrected chi connectivity index (χ1v) is 4.21. The molecule has 1 amide bonds. The predicted octanol–water partition coefficient (Wildman–Crippen LogP) is 1.57. The van der Waals surface area contributed by atoms with Gasteiger partial charge in [0.2, 0.25) is 5.91 Å². The fraction of sp³-hybridized carbons (Fsp3) is 0.200. The molecule has 0 unspecified atom stereocenters. The second kappa shape index (κ2) is 3.91. The number of aromatic nitrogens is 1. The van der Waals surface area contributed by atoms with Crippen LogP contribution >= 0.6 is 0 Å². The Balaban J connectivity index is 3.16. The van der Waals surface area contributed by atoms with Crippen LogP contribution < -0.4 is 11.1 Å². The maximum absolute atomic E-state index is 10.8. The van der Waals surface area contributed by atoms with Crippen molar-refractivity contribution in [1.29, 1.82) is 0 Å². The molecule has 1 aromatic heterocycles. The number of hydrogen-bond donors (Lipinski definition) is 2. The SMILES string of the molecule is C=Cc1ncc(NC(C)=O)c(C)c1N. The van der Waals surface area contributed by atoms with Gasteiger partial charge in [0, 0.05) is 6.92 Å². The summed E-state index contributed by atoms with van der Waals surface area (Å²) in [6.45, 7) is 6.86. The fourth-order valence-corrected chi connectivity index (χ4v) is 1.12. The number of pyridine rings is 1. The normalized spacial score (nSPS) is 9.57. The number of nitrogen functional groups attached to an aromatic ring is 1. The van der Waals surface area contributed by atoms with Crippen molar-refractivity contribution >= 4 is 23.4 Å². The number of carbonyl (C=O) groups excluding carboxylic acids is 1. The minimum absolute atomic E-state index is 0.138. The zero-order chi connectivity index (χ0) is 10.7. The van der Waals surface area contributed by atoms with Crippen LogP contribution in [0.1, 0.15) is 18.2 Å². The van der Waals surface area contributed by atoms with E-state index in [0.717, 1.165) is 5.56 Å². The molecule has 1 aromatic rings. The van der Waals surface area contributed by atoms with E-state index in [1.165, 1.54) is 6.92 Å². The summed E-state index contributed by atoms with van der Waals surface area (Å²) >= 11 is 0. The third-order valence-corrected chi connectivity index (χ3v) is 1.92. The highest BCUT2D eigenvalue weighted by Crippen LogP contribution is 2.23. The van der Waals surface area contributed by atoms with E-state index in [4.69, 9.17) is 5.73 Å². The van der Waals surface area contributed by atoms with Gasteiger partial charge in [-0.1, -0.05) is 6.58 Å². The Morgan fingerprint density at radius 2 is 2.36 bits per heavy atom. The van der Waals surface area contributed by atoms with Gasteiger partial charge in [-0.2, -0.15) is 0 Å². The number of amides is 1. The Bertz CT molecular complexity index is 385. The molecule has 0 radical (unpaired) electrons. The van der Waals surface area contributed by atoms with Crippen LogP contribution in [0.5, 0.6) is 0 Å². The smallest absolute Gasteiger partial charge is 0.221 e. The number of nitrogens with two attached hydrogens (primary N) is 1. The summed E-state index contributed by atoms with van der Waals surface area (Å²) in [5, 5.41) is 2.65. The summed E-state index contributed by atoms with van der Waals surface area (Å²) < 4.78 is 0. The van der Waals surface area contributed by atoms with Gasteiger partial charge in [0.05, 0.1) is 23.3 Å². The Morgan fingerprint density at radius 1 is 1.71 bits per heavy atom. The molecule has 0 atom stereocenters. The molecule has 4 heteroatoms. The molecule has 0 saturated heterocycles. The van der Waals surface area contributed by atoms with Crippen LogP contribution in [0.3, 0.4) is 0 Å². The van der Waals surface area contributed by atoms with Gasteiger partial charge in [-0.15, -0.1) is 0 Å². The van der Waals surface area contributed by atoms with E-state index in [0.29, 0.717) is 17.1 Å². The lowest BCUT2D eigenvalue weighted by Crippen LogP contribution is -2.09. The molecule has 0 aliphatic carbocycles. The Kier molecular flexibility index (Phi) is 2.86. The number of carbonyl (C=O) groups is 1. The standard InChI is InChI=1S/C10H13N3O/c1-4-8-10(11)6(2)9(5-12-8)13-7(3)14/h4-5H,1,11H2,2-3H3,(H,13,14). The van der Waals surface area contributed by atoms with Crippen molar-refractivity contribution in [1.82, 2.24) is 4.98 Å². The molecule has 1 rings (SSSR count). The van der Waals surface area contributed by atoms with Crippen molar-refractivity contribution < 1.29 is 4.79 Å². The molecule has 0 saturated carbocycles. The minimum atomic E-state index is -0.138. The van der Waals surface area contributed by atoms with Crippen LogP contribution in [0.15, 0.2) is 12.8 Å². The topological polar surface area (TPSA) is 68.0 Å². The van der Waals surface area contributed by atoms with Gasteiger partial charge < -0.3 is 11.1 Å². The second-order valence-corrected chi connectivity index (χ2v) is 2.98. The largest absolute Gasteiger partial charge is 0.397 e. The lowest BCUT2D eigenvalue weighted by atomic mass is 10.1. The summed E-state index contributed by atoms with van der Waals surface area (Å²) in [6, 6.07) is 0. The Morgan fingerprint density at radius 3 is 2.86 bits per heavy atom. The quantitative estimate of drug-likeness (QED) is 0.745. The highest BCUT2D eigenvalue weighted by atomic mass is 16.1. The van der Waals surface area contributed by atoms with Gasteiger partial charge in [0.15, 0.2) is 0 Å². The monoisotopic (exact) mass is 191 g/mol. The molecule has 3 N–H and O–H groups in total. The summed E-state index contributed by atoms with van der Waals surface area (Å²) in [5.74, 6) is -0.138. The first-order valence-electron chi connectivity index (χ1n) is 4.21. The summed E-state index contributed by atoms with van der Waals surface area (Å²) in [5.41, 5.74) is 8.42. The zero-order valence-corrected chi connectivity index (χ0v) is 8.29. The number of hydrogen-bond acceptors (Lipinski definition) is 3. The summed E-state index contributed by atoms with van der Waals surface area (Å²) in [4.78, 5) is 14.9. The predicted molar refractivity (Wildman–Crippen MR) is 57.8 cm³/mol. The van der Waals surface area contributed by atoms with Crippen LogP contribution in [-0.2, 0) is 4.79 Å². The van der Waals surface area contributed by atoms with Crippen molar-refractivity contribution in [2.75, 3.05) is 11.1 Å². The molecule has 14 heavy (non-hydrogen) atoms. The molecule has 0 spiro atoms. The van der Waals surface area contributed by atoms with Crippen LogP contribution in [0.25, 0.3) is 6.08 Å². The van der Waals surface area contributed by atoms with E-state index < -0.39 is 0 Å². The minimum Gasteiger partial charge on any atom is -0.397 e. The van der Waals surface area contributed by atoms with E-state index in [1.54, 1.807) is 12.3 Å². The highest BCUT2D eigenvalue weighted by Gasteiger charge is 2.06. The molecule has 0 aliphatic rings. The van der Waals surface area contributed by atoms with Crippen LogP contribution in [0.4, 0.5) is 11.4 Å². The molecule has 1 heterocycles. The number of nitrogens with zero attached hydrogens (tertiary/aromatic N) is 1. The van der Waals surface area contributed by atoms with Gasteiger partial charge in [-0.25, -0.2) is 0 Å². The van der Waals surface area contributed by atoms with Crippen molar-refractivity contribution in [3.63, 3.8) is 0 Å². The molecular formula is C10H13N3O. The van der Waals surface area contributed by atoms with Gasteiger partial charge >= 0.3 is 0 Å². The number of nitrogens with one attached hydrogen (secondary N) is 1. The third-order valence-electron chi connectivity index (χ3n) is 1.92. The molecule has 74 valence electrons. The van der Waals surface area contributed by atoms with E-state index in [2.05, 4.69) is 16.9 Å². The summed E-state index contributed by atoms with van der Waals surface area (Å²) in [6.07, 6.45) is 3.16. The number of rotatable bonds is 2. The van der Waals surface area contributed by atoms with E-state index >= 15 is 0 Å². The molecule has 4 nitrogen and oxygen atoms in total. The Hall–Kier alpha value is -1.84. The van der Waals surface area contributed by atoms with Crippen molar-refractivity contribution in [3.8, 4) is 0 Å². The average Bonchev–Trinajstić information content (AvgIpc) is 2.13. The van der Waals surface area contributed by atoms with Crippen molar-refractivity contribution in [3.05, 3.63) is 24.0 Å². The number of anilines is 2. The van der Waals surface area contributed by atoms with E-state index in [9.17, 15) is 4.79 Å². The van der Waals surface area contributed by atoms with Crippen LogP contribution in [0, 0.1) is 6.92 Å². The Labute approximate surface area is 82.8 Å². The van der Waals surface area contributed by atoms with Gasteiger partial charge in [0.1, 0.15) is 0 Å². The maximum atomic E-state index is 10.8. The molecule has 0 aromatic carbocycles. The molecule has 0 aliphatic heterocycles. The lowest BCUT2D eigenvalue weighted by Gasteiger charge is -2.09. The summed E-state index contributed by atoms with van der Waals surface area (Å²) in [7, 11) is 0. The van der Waals surface area contributed by atoms with Gasteiger partial charge in [-0.3, -0.25) is 9.78 Å². The van der Waals surface area contributed by atoms with Gasteiger partial charge in [0.25, 0.3) is 0 Å². The van der Waals surface area contributed by atoms with Crippen LogP contribution in [0.2, 0.25) is 0 Å². The van der Waals surface area contributed by atoms with Crippen molar-refractivity contribution in [2.45, 2.75) is 13.8 Å². The van der Waals surface area contributed by atoms with E-state index in [1.807, 2.05) is 6.92 Å². The lowest BCUT2D eigenvalue weighted by molar-refractivity contribution is -0.114. The maximum Gasteiger partial charge on any atom is 0.221 e. The first kappa shape index (κ1) is 10.2. The average molecular weight is 191 g/mol. The third kappa shape index (κ3) is 1.90. The zero-order valence-electron chi connectivity index (χ0n) is 8.29. The molecule has 0 bridgehead atoms. The van der Waals surface area contributed by atoms with E-state index in [-0.39, 0.29) is 5.91 Å². The second-order valence-electron chi connectivity index (χ2n) is 2.98. The highest BCUT2D eigenvalue weighted by molar-refractivity contribution is 5.90. The van der Waals surface area contributed by atoms with Crippen LogP contribution in [-0.4, -0.2) is 10.9 Å². The first-order chi connectivity index (χ1) is 6.56. The molecular weight excluding hydrogens is 178 g/mol. The van der Waals surface area contributed by atoms with Gasteiger partial charge in [-0.05, 0) is 18.6 Å². The van der Waals surface area contributed by atoms with Crippen molar-refractivity contribution in [2.24, 2.45) is 0 Å².